The van der Waals surface area contributed by atoms with Crippen LogP contribution in [0.15, 0.2) is 54.6 Å². The van der Waals surface area contributed by atoms with Crippen LogP contribution in [0.25, 0.3) is 0 Å². The third kappa shape index (κ3) is 4.86. The van der Waals surface area contributed by atoms with Crippen molar-refractivity contribution in [2.75, 3.05) is 13.2 Å². The van der Waals surface area contributed by atoms with Crippen molar-refractivity contribution in [2.24, 2.45) is 0 Å². The minimum atomic E-state index is -0.306. The molecule has 0 bridgehead atoms. The molecule has 27 heavy (non-hydrogen) atoms. The lowest BCUT2D eigenvalue weighted by molar-refractivity contribution is 0.0946. The van der Waals surface area contributed by atoms with Crippen molar-refractivity contribution in [3.05, 3.63) is 82.4 Å². The van der Waals surface area contributed by atoms with E-state index < -0.39 is 0 Å². The predicted octanol–water partition coefficient (Wildman–Crippen LogP) is 3.84. The highest BCUT2D eigenvalue weighted by atomic mass is 35.5. The summed E-state index contributed by atoms with van der Waals surface area (Å²) in [5, 5.41) is 7.36. The van der Waals surface area contributed by atoms with Crippen LogP contribution < -0.4 is 10.1 Å². The van der Waals surface area contributed by atoms with Crippen LogP contribution in [0.5, 0.6) is 5.75 Å². The Morgan fingerprint density at radius 1 is 1.19 bits per heavy atom. The van der Waals surface area contributed by atoms with Gasteiger partial charge >= 0.3 is 0 Å². The maximum Gasteiger partial charge on any atom is 0.256 e. The third-order valence-corrected chi connectivity index (χ3v) is 4.32. The van der Waals surface area contributed by atoms with Crippen LogP contribution in [0.3, 0.4) is 0 Å². The molecule has 1 amide bonds. The molecule has 0 fully saturated rings. The number of hydrogen-bond donors (Lipinski definition) is 1. The fourth-order valence-corrected chi connectivity index (χ4v) is 2.94. The van der Waals surface area contributed by atoms with Crippen molar-refractivity contribution in [1.29, 1.82) is 0 Å². The van der Waals surface area contributed by atoms with E-state index in [0.29, 0.717) is 31.0 Å². The number of rotatable bonds is 7. The fraction of sp³-hybridized carbons (Fsp3) is 0.200. The van der Waals surface area contributed by atoms with Gasteiger partial charge in [0.15, 0.2) is 0 Å². The SMILES string of the molecule is Cc1nn(Cc2ccc(F)cc2)c(Cl)c1C(=O)NCCOc1ccccc1. The van der Waals surface area contributed by atoms with Crippen molar-refractivity contribution in [1.82, 2.24) is 15.1 Å². The zero-order chi connectivity index (χ0) is 19.2. The van der Waals surface area contributed by atoms with Crippen LogP contribution in [0.4, 0.5) is 4.39 Å². The molecule has 0 aliphatic carbocycles. The Hall–Kier alpha value is -2.86. The van der Waals surface area contributed by atoms with E-state index in [1.165, 1.54) is 16.8 Å². The van der Waals surface area contributed by atoms with Gasteiger partial charge in [-0.1, -0.05) is 41.9 Å². The molecule has 1 N–H and O–H groups in total. The van der Waals surface area contributed by atoms with Gasteiger partial charge in [-0.25, -0.2) is 9.07 Å². The molecule has 0 saturated carbocycles. The summed E-state index contributed by atoms with van der Waals surface area (Å²) in [6, 6.07) is 15.4. The van der Waals surface area contributed by atoms with Gasteiger partial charge in [0.05, 0.1) is 24.3 Å². The average Bonchev–Trinajstić information content (AvgIpc) is 2.95. The molecule has 3 rings (SSSR count). The number of nitrogens with zero attached hydrogens (tertiary/aromatic N) is 2. The molecule has 3 aromatic rings. The highest BCUT2D eigenvalue weighted by Crippen LogP contribution is 2.21. The van der Waals surface area contributed by atoms with Crippen LogP contribution >= 0.6 is 11.6 Å². The van der Waals surface area contributed by atoms with Crippen LogP contribution in [0, 0.1) is 12.7 Å². The first-order chi connectivity index (χ1) is 13.0. The molecule has 5 nitrogen and oxygen atoms in total. The largest absolute Gasteiger partial charge is 0.492 e. The van der Waals surface area contributed by atoms with Crippen LogP contribution in [0.2, 0.25) is 5.15 Å². The van der Waals surface area contributed by atoms with Crippen molar-refractivity contribution < 1.29 is 13.9 Å². The van der Waals surface area contributed by atoms with Gasteiger partial charge in [-0.15, -0.1) is 0 Å². The zero-order valence-corrected chi connectivity index (χ0v) is 15.5. The number of halogens is 2. The standard InChI is InChI=1S/C20H19ClFN3O2/c1-14-18(20(26)23-11-12-27-17-5-3-2-4-6-17)19(21)25(24-14)13-15-7-9-16(22)10-8-15/h2-10H,11-13H2,1H3,(H,23,26). The number of carbonyl (C=O) groups is 1. The molecular formula is C20H19ClFN3O2. The molecule has 0 saturated heterocycles. The van der Waals surface area contributed by atoms with E-state index in [1.54, 1.807) is 19.1 Å². The molecule has 7 heteroatoms. The second-order valence-electron chi connectivity index (χ2n) is 5.95. The molecule has 0 aliphatic rings. The number of nitrogens with one attached hydrogen (secondary N) is 1. The Kier molecular flexibility index (Phi) is 6.08. The molecule has 2 aromatic carbocycles. The van der Waals surface area contributed by atoms with Gasteiger partial charge in [-0.3, -0.25) is 4.79 Å². The van der Waals surface area contributed by atoms with Crippen molar-refractivity contribution in [3.8, 4) is 5.75 Å². The fourth-order valence-electron chi connectivity index (χ4n) is 2.62. The van der Waals surface area contributed by atoms with Crippen molar-refractivity contribution >= 4 is 17.5 Å². The molecule has 0 spiro atoms. The monoisotopic (exact) mass is 387 g/mol. The van der Waals surface area contributed by atoms with E-state index in [2.05, 4.69) is 10.4 Å². The maximum absolute atomic E-state index is 13.0. The topological polar surface area (TPSA) is 56.2 Å². The molecular weight excluding hydrogens is 369 g/mol. The van der Waals surface area contributed by atoms with Gasteiger partial charge in [0, 0.05) is 0 Å². The summed E-state index contributed by atoms with van der Waals surface area (Å²) in [4.78, 5) is 12.5. The van der Waals surface area contributed by atoms with E-state index in [1.807, 2.05) is 30.3 Å². The van der Waals surface area contributed by atoms with Crippen molar-refractivity contribution in [3.63, 3.8) is 0 Å². The van der Waals surface area contributed by atoms with Crippen LogP contribution in [-0.2, 0) is 6.54 Å². The van der Waals surface area contributed by atoms with Gasteiger partial charge < -0.3 is 10.1 Å². The maximum atomic E-state index is 13.0. The minimum Gasteiger partial charge on any atom is -0.492 e. The first-order valence-corrected chi connectivity index (χ1v) is 8.86. The summed E-state index contributed by atoms with van der Waals surface area (Å²) in [5.41, 5.74) is 1.70. The number of amides is 1. The van der Waals surface area contributed by atoms with Crippen LogP contribution in [0.1, 0.15) is 21.6 Å². The first kappa shape index (κ1) is 18.9. The zero-order valence-electron chi connectivity index (χ0n) is 14.8. The lowest BCUT2D eigenvalue weighted by Crippen LogP contribution is -2.28. The van der Waals surface area contributed by atoms with Gasteiger partial charge in [0.2, 0.25) is 0 Å². The van der Waals surface area contributed by atoms with E-state index in [9.17, 15) is 9.18 Å². The summed E-state index contributed by atoms with van der Waals surface area (Å²) in [6.07, 6.45) is 0. The molecule has 1 aromatic heterocycles. The van der Waals surface area contributed by atoms with E-state index in [4.69, 9.17) is 16.3 Å². The second kappa shape index (κ2) is 8.68. The molecule has 0 unspecified atom stereocenters. The number of carbonyl (C=O) groups excluding carboxylic acids is 1. The lowest BCUT2D eigenvalue weighted by atomic mass is 10.2. The number of benzene rings is 2. The Balaban J connectivity index is 1.59. The summed E-state index contributed by atoms with van der Waals surface area (Å²) < 4.78 is 20.1. The smallest absolute Gasteiger partial charge is 0.256 e. The van der Waals surface area contributed by atoms with E-state index >= 15 is 0 Å². The Morgan fingerprint density at radius 2 is 1.89 bits per heavy atom. The molecule has 0 radical (unpaired) electrons. The second-order valence-corrected chi connectivity index (χ2v) is 6.31. The normalized spacial score (nSPS) is 10.6. The van der Waals surface area contributed by atoms with E-state index in [-0.39, 0.29) is 16.9 Å². The summed E-state index contributed by atoms with van der Waals surface area (Å²) >= 11 is 6.35. The molecule has 0 atom stereocenters. The minimum absolute atomic E-state index is 0.248. The highest BCUT2D eigenvalue weighted by molar-refractivity contribution is 6.33. The van der Waals surface area contributed by atoms with E-state index in [0.717, 1.165) is 11.3 Å². The molecule has 0 aliphatic heterocycles. The molecule has 140 valence electrons. The Bertz CT molecular complexity index is 911. The van der Waals surface area contributed by atoms with Gasteiger partial charge in [0.25, 0.3) is 5.91 Å². The summed E-state index contributed by atoms with van der Waals surface area (Å²) in [6.45, 7) is 2.76. The number of aromatic nitrogens is 2. The quantitative estimate of drug-likeness (QED) is 0.627. The molecule has 1 heterocycles. The number of para-hydroxylation sites is 1. The number of ether oxygens (including phenoxy) is 1. The Labute approximate surface area is 161 Å². The average molecular weight is 388 g/mol. The number of hydrogen-bond acceptors (Lipinski definition) is 3. The first-order valence-electron chi connectivity index (χ1n) is 8.48. The van der Waals surface area contributed by atoms with Gasteiger partial charge in [0.1, 0.15) is 23.3 Å². The lowest BCUT2D eigenvalue weighted by Gasteiger charge is -2.08. The summed E-state index contributed by atoms with van der Waals surface area (Å²) in [5.74, 6) is 0.131. The van der Waals surface area contributed by atoms with Crippen molar-refractivity contribution in [2.45, 2.75) is 13.5 Å². The third-order valence-electron chi connectivity index (χ3n) is 3.94. The van der Waals surface area contributed by atoms with Gasteiger partial charge in [-0.2, -0.15) is 5.10 Å². The van der Waals surface area contributed by atoms with Crippen LogP contribution in [-0.4, -0.2) is 28.8 Å². The highest BCUT2D eigenvalue weighted by Gasteiger charge is 2.20. The Morgan fingerprint density at radius 3 is 2.59 bits per heavy atom. The summed E-state index contributed by atoms with van der Waals surface area (Å²) in [7, 11) is 0. The number of aryl methyl sites for hydroxylation is 1. The van der Waals surface area contributed by atoms with Gasteiger partial charge in [-0.05, 0) is 36.8 Å². The predicted molar refractivity (Wildman–Crippen MR) is 102 cm³/mol.